The zero-order valence-electron chi connectivity index (χ0n) is 19.5. The van der Waals surface area contributed by atoms with Gasteiger partial charge in [0.2, 0.25) is 5.91 Å². The van der Waals surface area contributed by atoms with Crippen LogP contribution in [0.3, 0.4) is 0 Å². The lowest BCUT2D eigenvalue weighted by atomic mass is 10.2. The lowest BCUT2D eigenvalue weighted by Gasteiger charge is -2.16. The molecule has 0 aliphatic carbocycles. The average Bonchev–Trinajstić information content (AvgIpc) is 2.76. The van der Waals surface area contributed by atoms with Crippen molar-refractivity contribution in [2.75, 3.05) is 64.6 Å². The van der Waals surface area contributed by atoms with Gasteiger partial charge in [-0.25, -0.2) is 4.79 Å². The summed E-state index contributed by atoms with van der Waals surface area (Å²) >= 11 is 0. The van der Waals surface area contributed by atoms with E-state index in [0.717, 1.165) is 43.7 Å². The molecule has 174 valence electrons. The molecule has 2 N–H and O–H groups in total. The van der Waals surface area contributed by atoms with Gasteiger partial charge in [-0.15, -0.1) is 0 Å². The number of anilines is 2. The number of unbranched alkanes of at least 4 members (excludes halogenated alkanes) is 2. The van der Waals surface area contributed by atoms with Crippen molar-refractivity contribution in [1.82, 2.24) is 9.80 Å². The molecule has 7 nitrogen and oxygen atoms in total. The minimum atomic E-state index is -0.292. The van der Waals surface area contributed by atoms with Gasteiger partial charge >= 0.3 is 5.97 Å². The molecule has 0 aromatic heterocycles. The Labute approximate surface area is 191 Å². The molecule has 0 spiro atoms. The third-order valence-corrected chi connectivity index (χ3v) is 4.91. The molecular weight excluding hydrogens is 404 g/mol. The van der Waals surface area contributed by atoms with Crippen LogP contribution in [0.1, 0.15) is 29.6 Å². The number of hydrogen-bond donors (Lipinski definition) is 2. The van der Waals surface area contributed by atoms with E-state index in [4.69, 9.17) is 4.74 Å². The Kier molecular flexibility index (Phi) is 11.3. The van der Waals surface area contributed by atoms with Crippen LogP contribution in [0.2, 0.25) is 0 Å². The summed E-state index contributed by atoms with van der Waals surface area (Å²) in [5.74, 6) is -0.287. The smallest absolute Gasteiger partial charge is 0.338 e. The van der Waals surface area contributed by atoms with Crippen LogP contribution in [-0.4, -0.2) is 75.6 Å². The van der Waals surface area contributed by atoms with Crippen LogP contribution < -0.4 is 10.6 Å². The fraction of sp³-hybridized carbons (Fsp3) is 0.440. The van der Waals surface area contributed by atoms with Crippen molar-refractivity contribution < 1.29 is 14.3 Å². The topological polar surface area (TPSA) is 73.9 Å². The number of esters is 1. The first kappa shape index (κ1) is 25.4. The Balaban J connectivity index is 1.54. The molecule has 0 aliphatic heterocycles. The van der Waals surface area contributed by atoms with Crippen LogP contribution in [0.4, 0.5) is 11.4 Å². The number of para-hydroxylation sites is 1. The van der Waals surface area contributed by atoms with Gasteiger partial charge in [0.1, 0.15) is 6.61 Å². The summed E-state index contributed by atoms with van der Waals surface area (Å²) in [5.41, 5.74) is 2.38. The first-order valence-electron chi connectivity index (χ1n) is 11.1. The summed E-state index contributed by atoms with van der Waals surface area (Å²) in [6.45, 7) is 3.23. The van der Waals surface area contributed by atoms with E-state index < -0.39 is 0 Å². The number of carbonyl (C=O) groups excluding carboxylic acids is 2. The third kappa shape index (κ3) is 10.4. The molecule has 2 aromatic rings. The lowest BCUT2D eigenvalue weighted by Crippen LogP contribution is -2.30. The molecule has 0 fully saturated rings. The predicted molar refractivity (Wildman–Crippen MR) is 130 cm³/mol. The molecule has 0 radical (unpaired) electrons. The van der Waals surface area contributed by atoms with E-state index in [1.165, 1.54) is 0 Å². The number of nitrogens with one attached hydrogen (secondary N) is 2. The minimum absolute atomic E-state index is 0.00500. The van der Waals surface area contributed by atoms with Crippen molar-refractivity contribution >= 4 is 23.3 Å². The van der Waals surface area contributed by atoms with E-state index in [2.05, 4.69) is 10.6 Å². The van der Waals surface area contributed by atoms with Crippen LogP contribution in [-0.2, 0) is 9.53 Å². The zero-order chi connectivity index (χ0) is 23.2. The molecule has 0 unspecified atom stereocenters. The Morgan fingerprint density at radius 1 is 0.844 bits per heavy atom. The van der Waals surface area contributed by atoms with Crippen molar-refractivity contribution in [3.63, 3.8) is 0 Å². The summed E-state index contributed by atoms with van der Waals surface area (Å²) in [5, 5.41) is 6.29. The Morgan fingerprint density at radius 2 is 1.56 bits per heavy atom. The highest BCUT2D eigenvalue weighted by Gasteiger charge is 2.08. The number of rotatable bonds is 14. The molecule has 0 heterocycles. The number of hydrogen-bond acceptors (Lipinski definition) is 6. The largest absolute Gasteiger partial charge is 0.461 e. The second kappa shape index (κ2) is 14.2. The summed E-state index contributed by atoms with van der Waals surface area (Å²) < 4.78 is 5.25. The zero-order valence-corrected chi connectivity index (χ0v) is 19.5. The summed E-state index contributed by atoms with van der Waals surface area (Å²) in [6, 6.07) is 16.9. The number of carbonyl (C=O) groups is 2. The standard InChI is InChI=1S/C25H36N4O3/c1-28(2)18-19-32-25(31)21-12-14-22(15-13-21)26-16-8-5-9-17-29(3)20-24(30)27-23-10-6-4-7-11-23/h4,6-7,10-15,26H,5,8-9,16-20H2,1-3H3,(H,27,30). The van der Waals surface area contributed by atoms with Gasteiger partial charge in [-0.3, -0.25) is 9.69 Å². The molecule has 32 heavy (non-hydrogen) atoms. The highest BCUT2D eigenvalue weighted by atomic mass is 16.5. The third-order valence-electron chi connectivity index (χ3n) is 4.91. The SMILES string of the molecule is CN(C)CCOC(=O)c1ccc(NCCCCCN(C)CC(=O)Nc2ccccc2)cc1. The number of benzene rings is 2. The van der Waals surface area contributed by atoms with E-state index in [-0.39, 0.29) is 11.9 Å². The average molecular weight is 441 g/mol. The maximum atomic E-state index is 12.1. The second-order valence-electron chi connectivity index (χ2n) is 8.16. The van der Waals surface area contributed by atoms with Gasteiger partial charge in [-0.2, -0.15) is 0 Å². The number of ether oxygens (including phenoxy) is 1. The van der Waals surface area contributed by atoms with Gasteiger partial charge in [-0.1, -0.05) is 24.6 Å². The molecule has 7 heteroatoms. The monoisotopic (exact) mass is 440 g/mol. The van der Waals surface area contributed by atoms with Gasteiger partial charge < -0.3 is 20.3 Å². The summed E-state index contributed by atoms with van der Waals surface area (Å²) in [7, 11) is 5.85. The number of nitrogens with zero attached hydrogens (tertiary/aromatic N) is 2. The fourth-order valence-electron chi connectivity index (χ4n) is 3.09. The van der Waals surface area contributed by atoms with Gasteiger partial charge in [0, 0.05) is 24.5 Å². The second-order valence-corrected chi connectivity index (χ2v) is 8.16. The quantitative estimate of drug-likeness (QED) is 0.346. The van der Waals surface area contributed by atoms with Crippen LogP contribution in [0.5, 0.6) is 0 Å². The van der Waals surface area contributed by atoms with Crippen molar-refractivity contribution in [3.8, 4) is 0 Å². The van der Waals surface area contributed by atoms with Crippen molar-refractivity contribution in [2.45, 2.75) is 19.3 Å². The molecule has 2 aromatic carbocycles. The van der Waals surface area contributed by atoms with Gasteiger partial charge in [-0.05, 0) is 76.9 Å². The van der Waals surface area contributed by atoms with E-state index in [0.29, 0.717) is 25.3 Å². The molecule has 1 amide bonds. The van der Waals surface area contributed by atoms with Crippen molar-refractivity contribution in [2.24, 2.45) is 0 Å². The van der Waals surface area contributed by atoms with Gasteiger partial charge in [0.25, 0.3) is 0 Å². The normalized spacial score (nSPS) is 10.9. The molecule has 0 saturated carbocycles. The van der Waals surface area contributed by atoms with E-state index in [1.807, 2.05) is 73.4 Å². The Morgan fingerprint density at radius 3 is 2.25 bits per heavy atom. The van der Waals surface area contributed by atoms with Crippen molar-refractivity contribution in [1.29, 1.82) is 0 Å². The lowest BCUT2D eigenvalue weighted by molar-refractivity contribution is -0.117. The van der Waals surface area contributed by atoms with E-state index in [9.17, 15) is 9.59 Å². The van der Waals surface area contributed by atoms with E-state index >= 15 is 0 Å². The maximum Gasteiger partial charge on any atom is 0.338 e. The number of likely N-dealkylation sites (N-methyl/N-ethyl adjacent to an activating group) is 2. The van der Waals surface area contributed by atoms with Crippen molar-refractivity contribution in [3.05, 3.63) is 60.2 Å². The molecular formula is C25H36N4O3. The fourth-order valence-corrected chi connectivity index (χ4v) is 3.09. The van der Waals surface area contributed by atoms with Crippen LogP contribution in [0.25, 0.3) is 0 Å². The molecule has 0 aliphatic rings. The maximum absolute atomic E-state index is 12.1. The van der Waals surface area contributed by atoms with Crippen LogP contribution >= 0.6 is 0 Å². The summed E-state index contributed by atoms with van der Waals surface area (Å²) in [4.78, 5) is 28.1. The molecule has 0 atom stereocenters. The van der Waals surface area contributed by atoms with Crippen LogP contribution in [0, 0.1) is 0 Å². The first-order valence-corrected chi connectivity index (χ1v) is 11.1. The molecule has 2 rings (SSSR count). The molecule has 0 bridgehead atoms. The van der Waals surface area contributed by atoms with Crippen LogP contribution in [0.15, 0.2) is 54.6 Å². The highest BCUT2D eigenvalue weighted by Crippen LogP contribution is 2.11. The van der Waals surface area contributed by atoms with Gasteiger partial charge in [0.15, 0.2) is 0 Å². The first-order chi connectivity index (χ1) is 15.4. The molecule has 0 saturated heterocycles. The Bertz CT molecular complexity index is 810. The van der Waals surface area contributed by atoms with E-state index in [1.54, 1.807) is 12.1 Å². The highest BCUT2D eigenvalue weighted by molar-refractivity contribution is 5.92. The van der Waals surface area contributed by atoms with Gasteiger partial charge in [0.05, 0.1) is 12.1 Å². The minimum Gasteiger partial charge on any atom is -0.461 e. The Hall–Kier alpha value is -2.90. The predicted octanol–water partition coefficient (Wildman–Crippen LogP) is 3.56. The number of amides is 1. The summed E-state index contributed by atoms with van der Waals surface area (Å²) in [6.07, 6.45) is 3.15.